The van der Waals surface area contributed by atoms with Gasteiger partial charge in [0.1, 0.15) is 5.82 Å². The van der Waals surface area contributed by atoms with Crippen molar-refractivity contribution in [2.24, 2.45) is 7.05 Å². The van der Waals surface area contributed by atoms with Crippen molar-refractivity contribution < 1.29 is 0 Å². The molecule has 0 atom stereocenters. The third-order valence-corrected chi connectivity index (χ3v) is 3.91. The summed E-state index contributed by atoms with van der Waals surface area (Å²) in [6.45, 7) is 5.17. The predicted octanol–water partition coefficient (Wildman–Crippen LogP) is 3.23. The van der Waals surface area contributed by atoms with Crippen molar-refractivity contribution >= 4 is 15.9 Å². The van der Waals surface area contributed by atoms with E-state index < -0.39 is 0 Å². The molecule has 0 aliphatic rings. The Morgan fingerprint density at radius 3 is 2.74 bits per heavy atom. The van der Waals surface area contributed by atoms with Crippen LogP contribution in [0.5, 0.6) is 0 Å². The van der Waals surface area contributed by atoms with E-state index in [1.165, 1.54) is 16.8 Å². The van der Waals surface area contributed by atoms with Crippen LogP contribution in [0.2, 0.25) is 0 Å². The maximum Gasteiger partial charge on any atom is 0.110 e. The molecule has 1 heterocycles. The molecule has 0 aliphatic heterocycles. The number of benzene rings is 1. The Bertz CT molecular complexity index is 587. The summed E-state index contributed by atoms with van der Waals surface area (Å²) in [5.74, 6) is 1.13. The number of likely N-dealkylation sites (N-methyl/N-ethyl adjacent to an activating group) is 1. The average molecular weight is 322 g/mol. The van der Waals surface area contributed by atoms with Crippen LogP contribution in [-0.2, 0) is 13.5 Å². The number of aromatic nitrogens is 2. The van der Waals surface area contributed by atoms with Gasteiger partial charge < -0.3 is 9.88 Å². The molecule has 1 aromatic heterocycles. The summed E-state index contributed by atoms with van der Waals surface area (Å²) in [5.41, 5.74) is 4.83. The molecule has 4 heteroatoms. The highest BCUT2D eigenvalue weighted by Crippen LogP contribution is 2.29. The van der Waals surface area contributed by atoms with Crippen molar-refractivity contribution in [1.29, 1.82) is 0 Å². The molecule has 0 bridgehead atoms. The van der Waals surface area contributed by atoms with E-state index in [-0.39, 0.29) is 0 Å². The molecule has 0 radical (unpaired) electrons. The van der Waals surface area contributed by atoms with Crippen LogP contribution < -0.4 is 5.32 Å². The minimum Gasteiger partial charge on any atom is -0.331 e. The van der Waals surface area contributed by atoms with E-state index in [1.54, 1.807) is 0 Å². The molecular formula is C15H20BrN3. The standard InChI is InChI=1S/C15H20BrN3/c1-10-5-6-12(16)9-13(10)15-11(2)18-14(19(15)4)7-8-17-3/h5-6,9,17H,7-8H2,1-4H3. The second kappa shape index (κ2) is 5.88. The second-order valence-electron chi connectivity index (χ2n) is 4.83. The van der Waals surface area contributed by atoms with Gasteiger partial charge in [-0.2, -0.15) is 0 Å². The lowest BCUT2D eigenvalue weighted by molar-refractivity contribution is 0.719. The van der Waals surface area contributed by atoms with Gasteiger partial charge in [0.2, 0.25) is 0 Å². The highest BCUT2D eigenvalue weighted by Gasteiger charge is 2.14. The zero-order valence-electron chi connectivity index (χ0n) is 11.9. The van der Waals surface area contributed by atoms with Gasteiger partial charge in [-0.05, 0) is 38.6 Å². The minimum atomic E-state index is 0.945. The van der Waals surface area contributed by atoms with Crippen molar-refractivity contribution in [1.82, 2.24) is 14.9 Å². The first kappa shape index (κ1) is 14.3. The first-order chi connectivity index (χ1) is 9.04. The number of hydrogen-bond donors (Lipinski definition) is 1. The van der Waals surface area contributed by atoms with Crippen molar-refractivity contribution in [3.63, 3.8) is 0 Å². The lowest BCUT2D eigenvalue weighted by Gasteiger charge is -2.10. The van der Waals surface area contributed by atoms with Gasteiger partial charge in [0.15, 0.2) is 0 Å². The zero-order valence-corrected chi connectivity index (χ0v) is 13.5. The third-order valence-electron chi connectivity index (χ3n) is 3.42. The van der Waals surface area contributed by atoms with Gasteiger partial charge in [0.05, 0.1) is 11.4 Å². The number of aryl methyl sites for hydroxylation is 2. The quantitative estimate of drug-likeness (QED) is 0.937. The predicted molar refractivity (Wildman–Crippen MR) is 83.4 cm³/mol. The largest absolute Gasteiger partial charge is 0.331 e. The van der Waals surface area contributed by atoms with Gasteiger partial charge >= 0.3 is 0 Å². The zero-order chi connectivity index (χ0) is 14.0. The monoisotopic (exact) mass is 321 g/mol. The van der Waals surface area contributed by atoms with E-state index >= 15 is 0 Å². The van der Waals surface area contributed by atoms with Crippen molar-refractivity contribution in [3.8, 4) is 11.3 Å². The van der Waals surface area contributed by atoms with Crippen molar-refractivity contribution in [2.75, 3.05) is 13.6 Å². The molecule has 0 fully saturated rings. The fourth-order valence-corrected chi connectivity index (χ4v) is 2.74. The number of imidazole rings is 1. The Morgan fingerprint density at radius 1 is 1.32 bits per heavy atom. The van der Waals surface area contributed by atoms with Crippen LogP contribution in [-0.4, -0.2) is 23.1 Å². The van der Waals surface area contributed by atoms with Gasteiger partial charge in [-0.3, -0.25) is 0 Å². The summed E-state index contributed by atoms with van der Waals surface area (Å²) in [5, 5.41) is 3.17. The second-order valence-corrected chi connectivity index (χ2v) is 5.75. The molecule has 0 aliphatic carbocycles. The number of hydrogen-bond acceptors (Lipinski definition) is 2. The topological polar surface area (TPSA) is 29.9 Å². The van der Waals surface area contributed by atoms with Crippen LogP contribution >= 0.6 is 15.9 Å². The molecule has 0 amide bonds. The van der Waals surface area contributed by atoms with Crippen LogP contribution in [0.3, 0.4) is 0 Å². The Hall–Kier alpha value is -1.13. The molecule has 1 aromatic carbocycles. The lowest BCUT2D eigenvalue weighted by Crippen LogP contribution is -2.13. The number of halogens is 1. The van der Waals surface area contributed by atoms with Gasteiger partial charge in [-0.15, -0.1) is 0 Å². The summed E-state index contributed by atoms with van der Waals surface area (Å²) in [6, 6.07) is 6.38. The maximum atomic E-state index is 4.70. The summed E-state index contributed by atoms with van der Waals surface area (Å²) >= 11 is 3.55. The fourth-order valence-electron chi connectivity index (χ4n) is 2.38. The van der Waals surface area contributed by atoms with Gasteiger partial charge in [0, 0.05) is 30.0 Å². The third kappa shape index (κ3) is 2.90. The van der Waals surface area contributed by atoms with E-state index in [0.717, 1.165) is 29.0 Å². The van der Waals surface area contributed by atoms with Crippen LogP contribution in [0.25, 0.3) is 11.3 Å². The fraction of sp³-hybridized carbons (Fsp3) is 0.400. The van der Waals surface area contributed by atoms with Gasteiger partial charge in [-0.1, -0.05) is 22.0 Å². The molecule has 19 heavy (non-hydrogen) atoms. The number of nitrogens with one attached hydrogen (secondary N) is 1. The molecule has 3 nitrogen and oxygen atoms in total. The molecule has 0 saturated carbocycles. The summed E-state index contributed by atoms with van der Waals surface area (Å²) in [4.78, 5) is 4.70. The first-order valence-corrected chi connectivity index (χ1v) is 7.27. The maximum absolute atomic E-state index is 4.70. The van der Waals surface area contributed by atoms with E-state index in [1.807, 2.05) is 7.05 Å². The minimum absolute atomic E-state index is 0.945. The van der Waals surface area contributed by atoms with E-state index in [2.05, 4.69) is 64.9 Å². The molecule has 102 valence electrons. The van der Waals surface area contributed by atoms with E-state index in [0.29, 0.717) is 0 Å². The molecule has 0 unspecified atom stereocenters. The highest BCUT2D eigenvalue weighted by molar-refractivity contribution is 9.10. The van der Waals surface area contributed by atoms with Crippen molar-refractivity contribution in [2.45, 2.75) is 20.3 Å². The summed E-state index contributed by atoms with van der Waals surface area (Å²) < 4.78 is 3.31. The molecule has 0 spiro atoms. The SMILES string of the molecule is CNCCc1nc(C)c(-c2cc(Br)ccc2C)n1C. The molecule has 1 N–H and O–H groups in total. The van der Waals surface area contributed by atoms with Crippen LogP contribution in [0.4, 0.5) is 0 Å². The number of rotatable bonds is 4. The van der Waals surface area contributed by atoms with E-state index in [4.69, 9.17) is 4.98 Å². The van der Waals surface area contributed by atoms with Crippen molar-refractivity contribution in [3.05, 3.63) is 39.8 Å². The Balaban J connectivity index is 2.50. The first-order valence-electron chi connectivity index (χ1n) is 6.48. The number of nitrogens with zero attached hydrogens (tertiary/aromatic N) is 2. The molecule has 0 saturated heterocycles. The van der Waals surface area contributed by atoms with E-state index in [9.17, 15) is 0 Å². The average Bonchev–Trinajstić information content (AvgIpc) is 2.65. The lowest BCUT2D eigenvalue weighted by atomic mass is 10.0. The highest BCUT2D eigenvalue weighted by atomic mass is 79.9. The Morgan fingerprint density at radius 2 is 2.05 bits per heavy atom. The van der Waals surface area contributed by atoms with Crippen LogP contribution in [0.1, 0.15) is 17.1 Å². The smallest absolute Gasteiger partial charge is 0.110 e. The van der Waals surface area contributed by atoms with Gasteiger partial charge in [0.25, 0.3) is 0 Å². The Labute approximate surface area is 123 Å². The molecule has 2 aromatic rings. The molecule has 2 rings (SSSR count). The molecular weight excluding hydrogens is 302 g/mol. The summed E-state index contributed by atoms with van der Waals surface area (Å²) in [7, 11) is 4.07. The summed E-state index contributed by atoms with van der Waals surface area (Å²) in [6.07, 6.45) is 0.945. The Kier molecular flexibility index (Phi) is 4.42. The van der Waals surface area contributed by atoms with Crippen LogP contribution in [0, 0.1) is 13.8 Å². The van der Waals surface area contributed by atoms with Crippen LogP contribution in [0.15, 0.2) is 22.7 Å². The normalized spacial score (nSPS) is 11.0. The van der Waals surface area contributed by atoms with Gasteiger partial charge in [-0.25, -0.2) is 4.98 Å².